The van der Waals surface area contributed by atoms with E-state index in [1.165, 1.54) is 5.56 Å². The van der Waals surface area contributed by atoms with Gasteiger partial charge in [-0.25, -0.2) is 0 Å². The Morgan fingerprint density at radius 2 is 1.39 bits per heavy atom. The van der Waals surface area contributed by atoms with Gasteiger partial charge in [0.25, 0.3) is 0 Å². The molecule has 0 aromatic heterocycles. The van der Waals surface area contributed by atoms with Crippen LogP contribution in [0.25, 0.3) is 0 Å². The molecule has 164 valence electrons. The van der Waals surface area contributed by atoms with Gasteiger partial charge in [-0.05, 0) is 62.6 Å². The van der Waals surface area contributed by atoms with Crippen molar-refractivity contribution in [2.75, 3.05) is 18.2 Å². The molecule has 0 fully saturated rings. The number of anilines is 1. The fourth-order valence-corrected chi connectivity index (χ4v) is 3.34. The van der Waals surface area contributed by atoms with E-state index in [1.807, 2.05) is 36.4 Å². The van der Waals surface area contributed by atoms with E-state index < -0.39 is 0 Å². The first-order valence-corrected chi connectivity index (χ1v) is 10.9. The third-order valence-electron chi connectivity index (χ3n) is 5.08. The summed E-state index contributed by atoms with van der Waals surface area (Å²) in [5.74, 6) is 0.844. The van der Waals surface area contributed by atoms with Gasteiger partial charge in [-0.15, -0.1) is 0 Å². The van der Waals surface area contributed by atoms with Crippen LogP contribution < -0.4 is 15.4 Å². The predicted octanol–water partition coefficient (Wildman–Crippen LogP) is 5.41. The van der Waals surface area contributed by atoms with Crippen molar-refractivity contribution in [2.45, 2.75) is 45.4 Å². The van der Waals surface area contributed by atoms with Crippen molar-refractivity contribution in [1.29, 1.82) is 0 Å². The number of hydrogen-bond acceptors (Lipinski definition) is 4. The number of nitrogens with two attached hydrogens (primary N) is 1. The molecule has 2 N–H and O–H groups in total. The highest BCUT2D eigenvalue weighted by molar-refractivity contribution is 5.50. The van der Waals surface area contributed by atoms with E-state index in [0.29, 0.717) is 19.9 Å². The van der Waals surface area contributed by atoms with Crippen LogP contribution in [0.2, 0.25) is 0 Å². The minimum atomic E-state index is -0.233. The second-order valence-corrected chi connectivity index (χ2v) is 8.70. The van der Waals surface area contributed by atoms with Crippen LogP contribution in [0.4, 0.5) is 5.69 Å². The molecule has 31 heavy (non-hydrogen) atoms. The molecule has 0 heterocycles. The maximum Gasteiger partial charge on any atom is 0.119 e. The SMILES string of the molecule is CC(C)(C)OCN(c1ccc(OCc2ccccc2)cc1)C(CN)Cc1ccccc1. The average Bonchev–Trinajstić information content (AvgIpc) is 2.78. The van der Waals surface area contributed by atoms with E-state index in [0.717, 1.165) is 23.4 Å². The van der Waals surface area contributed by atoms with Crippen LogP contribution >= 0.6 is 0 Å². The Morgan fingerprint density at radius 3 is 1.94 bits per heavy atom. The maximum absolute atomic E-state index is 6.22. The van der Waals surface area contributed by atoms with Crippen LogP contribution in [-0.2, 0) is 17.8 Å². The molecule has 0 saturated heterocycles. The minimum absolute atomic E-state index is 0.126. The van der Waals surface area contributed by atoms with Gasteiger partial charge in [-0.3, -0.25) is 0 Å². The number of nitrogens with zero attached hydrogens (tertiary/aromatic N) is 1. The Kier molecular flexibility index (Phi) is 8.10. The fraction of sp³-hybridized carbons (Fsp3) is 0.333. The molecular formula is C27H34N2O2. The summed E-state index contributed by atoms with van der Waals surface area (Å²) >= 11 is 0. The van der Waals surface area contributed by atoms with Crippen LogP contribution in [0.5, 0.6) is 5.75 Å². The molecule has 3 aromatic carbocycles. The number of hydrogen-bond donors (Lipinski definition) is 1. The molecule has 0 radical (unpaired) electrons. The van der Waals surface area contributed by atoms with Gasteiger partial charge >= 0.3 is 0 Å². The molecule has 0 aliphatic rings. The van der Waals surface area contributed by atoms with E-state index in [9.17, 15) is 0 Å². The van der Waals surface area contributed by atoms with Crippen molar-refractivity contribution in [3.05, 3.63) is 96.1 Å². The Balaban J connectivity index is 1.74. The summed E-state index contributed by atoms with van der Waals surface area (Å²) in [4.78, 5) is 2.25. The highest BCUT2D eigenvalue weighted by Gasteiger charge is 2.21. The third kappa shape index (κ3) is 7.42. The van der Waals surface area contributed by atoms with E-state index in [1.54, 1.807) is 0 Å². The summed E-state index contributed by atoms with van der Waals surface area (Å²) < 4.78 is 12.1. The summed E-state index contributed by atoms with van der Waals surface area (Å²) in [6.45, 7) is 7.77. The lowest BCUT2D eigenvalue weighted by molar-refractivity contribution is -0.00482. The van der Waals surface area contributed by atoms with Crippen molar-refractivity contribution in [3.8, 4) is 5.75 Å². The van der Waals surface area contributed by atoms with Gasteiger partial charge in [0.05, 0.1) is 5.60 Å². The molecule has 3 rings (SSSR count). The van der Waals surface area contributed by atoms with Gasteiger partial charge in [-0.1, -0.05) is 60.7 Å². The van der Waals surface area contributed by atoms with Crippen molar-refractivity contribution >= 4 is 5.69 Å². The van der Waals surface area contributed by atoms with E-state index in [-0.39, 0.29) is 11.6 Å². The van der Waals surface area contributed by atoms with Gasteiger partial charge in [0.2, 0.25) is 0 Å². The summed E-state index contributed by atoms with van der Waals surface area (Å²) in [5.41, 5.74) is 9.47. The van der Waals surface area contributed by atoms with Crippen molar-refractivity contribution in [2.24, 2.45) is 5.73 Å². The number of benzene rings is 3. The van der Waals surface area contributed by atoms with Gasteiger partial charge in [-0.2, -0.15) is 0 Å². The first-order valence-electron chi connectivity index (χ1n) is 10.9. The second kappa shape index (κ2) is 11.0. The predicted molar refractivity (Wildman–Crippen MR) is 128 cm³/mol. The standard InChI is InChI=1S/C27H34N2O2/c1-27(2,3)31-21-29(25(19-28)18-22-10-6-4-7-11-22)24-14-16-26(17-15-24)30-20-23-12-8-5-9-13-23/h4-17,25H,18-21,28H2,1-3H3. The van der Waals surface area contributed by atoms with Crippen LogP contribution in [-0.4, -0.2) is 24.9 Å². The van der Waals surface area contributed by atoms with Crippen molar-refractivity contribution in [3.63, 3.8) is 0 Å². The fourth-order valence-electron chi connectivity index (χ4n) is 3.34. The van der Waals surface area contributed by atoms with Gasteiger partial charge in [0, 0.05) is 18.3 Å². The third-order valence-corrected chi connectivity index (χ3v) is 5.08. The molecule has 0 bridgehead atoms. The molecule has 0 aliphatic heterocycles. The molecule has 1 atom stereocenters. The largest absolute Gasteiger partial charge is 0.489 e. The monoisotopic (exact) mass is 418 g/mol. The van der Waals surface area contributed by atoms with Crippen molar-refractivity contribution < 1.29 is 9.47 Å². The second-order valence-electron chi connectivity index (χ2n) is 8.70. The zero-order valence-electron chi connectivity index (χ0n) is 18.8. The molecule has 0 aliphatic carbocycles. The molecular weight excluding hydrogens is 384 g/mol. The molecule has 0 amide bonds. The van der Waals surface area contributed by atoms with Gasteiger partial charge in [0.15, 0.2) is 0 Å². The average molecular weight is 419 g/mol. The van der Waals surface area contributed by atoms with Crippen LogP contribution in [0.1, 0.15) is 31.9 Å². The Morgan fingerprint density at radius 1 is 0.806 bits per heavy atom. The topological polar surface area (TPSA) is 47.7 Å². The number of rotatable bonds is 10. The van der Waals surface area contributed by atoms with Gasteiger partial charge in [0.1, 0.15) is 19.1 Å². The smallest absolute Gasteiger partial charge is 0.119 e. The summed E-state index contributed by atoms with van der Waals surface area (Å²) in [7, 11) is 0. The lowest BCUT2D eigenvalue weighted by Gasteiger charge is -2.35. The van der Waals surface area contributed by atoms with E-state index >= 15 is 0 Å². The molecule has 0 saturated carbocycles. The normalized spacial score (nSPS) is 12.4. The number of ether oxygens (including phenoxy) is 2. The molecule has 4 nitrogen and oxygen atoms in total. The first-order chi connectivity index (χ1) is 14.9. The van der Waals surface area contributed by atoms with Crippen LogP contribution in [0.15, 0.2) is 84.9 Å². The maximum atomic E-state index is 6.22. The highest BCUT2D eigenvalue weighted by atomic mass is 16.5. The first kappa shape index (κ1) is 22.9. The lowest BCUT2D eigenvalue weighted by Crippen LogP contribution is -2.45. The summed E-state index contributed by atoms with van der Waals surface area (Å²) in [6.07, 6.45) is 0.858. The summed E-state index contributed by atoms with van der Waals surface area (Å²) in [5, 5.41) is 0. The molecule has 0 spiro atoms. The van der Waals surface area contributed by atoms with E-state index in [2.05, 4.69) is 74.2 Å². The Hall–Kier alpha value is -2.82. The molecule has 4 heteroatoms. The highest BCUT2D eigenvalue weighted by Crippen LogP contribution is 2.24. The molecule has 1 unspecified atom stereocenters. The van der Waals surface area contributed by atoms with E-state index in [4.69, 9.17) is 15.2 Å². The van der Waals surface area contributed by atoms with Gasteiger partial charge < -0.3 is 20.1 Å². The zero-order chi connectivity index (χ0) is 22.1. The summed E-state index contributed by atoms with van der Waals surface area (Å²) in [6, 6.07) is 29.0. The molecule has 3 aromatic rings. The lowest BCUT2D eigenvalue weighted by atomic mass is 10.0. The minimum Gasteiger partial charge on any atom is -0.489 e. The quantitative estimate of drug-likeness (QED) is 0.447. The van der Waals surface area contributed by atoms with Crippen molar-refractivity contribution in [1.82, 2.24) is 0 Å². The Labute approximate surface area is 186 Å². The van der Waals surface area contributed by atoms with Crippen LogP contribution in [0.3, 0.4) is 0 Å². The zero-order valence-corrected chi connectivity index (χ0v) is 18.8. The Bertz CT molecular complexity index is 890. The van der Waals surface area contributed by atoms with Crippen LogP contribution in [0, 0.1) is 0 Å².